The minimum atomic E-state index is -4.00. The summed E-state index contributed by atoms with van der Waals surface area (Å²) in [6.07, 6.45) is 1.38. The number of carbonyl (C=O) groups excluding carboxylic acids is 1. The Bertz CT molecular complexity index is 1200. The number of sulfonamides is 1. The molecule has 2 N–H and O–H groups in total. The van der Waals surface area contributed by atoms with E-state index in [1.807, 2.05) is 0 Å². The largest absolute Gasteiger partial charge is 0.508 e. The third-order valence-corrected chi connectivity index (χ3v) is 6.65. The second-order valence-corrected chi connectivity index (χ2v) is 9.55. The zero-order valence-corrected chi connectivity index (χ0v) is 19.0. The molecule has 3 aromatic carbocycles. The number of phenolic OH excluding ortho intramolecular Hbond substituents is 1. The minimum absolute atomic E-state index is 0.0104. The normalized spacial score (nSPS) is 11.7. The topological polar surface area (TPSA) is 99.1 Å². The average Bonchev–Trinajstić information content (AvgIpc) is 2.76. The van der Waals surface area contributed by atoms with Crippen LogP contribution in [0.15, 0.2) is 82.8 Å². The Labute approximate surface area is 196 Å². The van der Waals surface area contributed by atoms with Crippen molar-refractivity contribution >= 4 is 45.3 Å². The van der Waals surface area contributed by atoms with Crippen molar-refractivity contribution in [1.29, 1.82) is 0 Å². The van der Waals surface area contributed by atoms with E-state index in [1.54, 1.807) is 36.4 Å². The van der Waals surface area contributed by atoms with Gasteiger partial charge in [0.25, 0.3) is 5.91 Å². The summed E-state index contributed by atoms with van der Waals surface area (Å²) < 4.78 is 27.4. The zero-order chi connectivity index (χ0) is 23.1. The molecule has 0 heterocycles. The minimum Gasteiger partial charge on any atom is -0.508 e. The number of hydrazone groups is 1. The molecular formula is C22H19Cl2N3O4S. The highest BCUT2D eigenvalue weighted by molar-refractivity contribution is 7.89. The molecule has 0 aliphatic heterocycles. The van der Waals surface area contributed by atoms with Crippen LogP contribution in [0.25, 0.3) is 0 Å². The third-order valence-electron chi connectivity index (χ3n) is 4.34. The van der Waals surface area contributed by atoms with Gasteiger partial charge < -0.3 is 5.11 Å². The van der Waals surface area contributed by atoms with Crippen LogP contribution in [0.4, 0.5) is 0 Å². The zero-order valence-electron chi connectivity index (χ0n) is 16.7. The maximum Gasteiger partial charge on any atom is 0.255 e. The highest BCUT2D eigenvalue weighted by atomic mass is 35.5. The number of benzene rings is 3. The monoisotopic (exact) mass is 491 g/mol. The predicted molar refractivity (Wildman–Crippen MR) is 124 cm³/mol. The van der Waals surface area contributed by atoms with Gasteiger partial charge in [-0.15, -0.1) is 0 Å². The van der Waals surface area contributed by atoms with E-state index in [0.717, 1.165) is 4.31 Å². The second-order valence-electron chi connectivity index (χ2n) is 6.74. The van der Waals surface area contributed by atoms with Crippen LogP contribution in [-0.4, -0.2) is 36.5 Å². The number of aromatic hydroxyl groups is 1. The molecule has 0 aliphatic rings. The van der Waals surface area contributed by atoms with Crippen LogP contribution in [0, 0.1) is 0 Å². The summed E-state index contributed by atoms with van der Waals surface area (Å²) in [5, 5.41) is 14.1. The molecular weight excluding hydrogens is 473 g/mol. The van der Waals surface area contributed by atoms with Crippen molar-refractivity contribution in [2.24, 2.45) is 5.10 Å². The molecule has 0 spiro atoms. The van der Waals surface area contributed by atoms with Gasteiger partial charge in [0.15, 0.2) is 0 Å². The summed E-state index contributed by atoms with van der Waals surface area (Å²) in [7, 11) is -4.00. The molecule has 0 aliphatic carbocycles. The maximum atomic E-state index is 13.2. The highest BCUT2D eigenvalue weighted by Gasteiger charge is 2.27. The van der Waals surface area contributed by atoms with Crippen molar-refractivity contribution in [3.05, 3.63) is 94.0 Å². The van der Waals surface area contributed by atoms with Crippen LogP contribution in [0.5, 0.6) is 5.75 Å². The number of hydrogen-bond donors (Lipinski definition) is 2. The van der Waals surface area contributed by atoms with E-state index < -0.39 is 22.5 Å². The molecule has 0 atom stereocenters. The molecule has 0 aromatic heterocycles. The van der Waals surface area contributed by atoms with E-state index in [0.29, 0.717) is 21.2 Å². The van der Waals surface area contributed by atoms with Crippen LogP contribution < -0.4 is 5.43 Å². The van der Waals surface area contributed by atoms with Gasteiger partial charge in [0, 0.05) is 16.6 Å². The van der Waals surface area contributed by atoms with Crippen molar-refractivity contribution in [3.63, 3.8) is 0 Å². The van der Waals surface area contributed by atoms with E-state index in [-0.39, 0.29) is 17.2 Å². The smallest absolute Gasteiger partial charge is 0.255 e. The van der Waals surface area contributed by atoms with Crippen LogP contribution in [-0.2, 0) is 21.4 Å². The molecule has 1 amide bonds. The molecule has 0 radical (unpaired) electrons. The lowest BCUT2D eigenvalue weighted by molar-refractivity contribution is -0.121. The highest BCUT2D eigenvalue weighted by Crippen LogP contribution is 2.21. The number of carbonyl (C=O) groups is 1. The van der Waals surface area contributed by atoms with E-state index in [4.69, 9.17) is 23.2 Å². The van der Waals surface area contributed by atoms with Gasteiger partial charge in [-0.25, -0.2) is 13.8 Å². The number of phenols is 1. The number of nitrogens with zero attached hydrogens (tertiary/aromatic N) is 2. The SMILES string of the molecule is O=C(CN(Cc1ccc(Cl)cc1)S(=O)(=O)c1ccc(Cl)cc1)N/N=C\c1ccc(O)cc1. The van der Waals surface area contributed by atoms with Crippen LogP contribution in [0.3, 0.4) is 0 Å². The first-order valence-electron chi connectivity index (χ1n) is 9.35. The first kappa shape index (κ1) is 23.7. The summed E-state index contributed by atoms with van der Waals surface area (Å²) in [5.41, 5.74) is 3.63. The lowest BCUT2D eigenvalue weighted by Crippen LogP contribution is -2.39. The fourth-order valence-electron chi connectivity index (χ4n) is 2.71. The summed E-state index contributed by atoms with van der Waals surface area (Å²) in [5.74, 6) is -0.511. The molecule has 32 heavy (non-hydrogen) atoms. The molecule has 3 rings (SSSR count). The molecule has 3 aromatic rings. The molecule has 0 fully saturated rings. The Balaban J connectivity index is 1.78. The van der Waals surface area contributed by atoms with E-state index >= 15 is 0 Å². The van der Waals surface area contributed by atoms with Crippen LogP contribution >= 0.6 is 23.2 Å². The molecule has 10 heteroatoms. The van der Waals surface area contributed by atoms with Gasteiger partial charge in [0.05, 0.1) is 17.7 Å². The summed E-state index contributed by atoms with van der Waals surface area (Å²) in [4.78, 5) is 12.5. The van der Waals surface area contributed by atoms with Gasteiger partial charge in [0.2, 0.25) is 10.0 Å². The van der Waals surface area contributed by atoms with Crippen molar-refractivity contribution in [2.45, 2.75) is 11.4 Å². The Morgan fingerprint density at radius 3 is 2.09 bits per heavy atom. The molecule has 166 valence electrons. The molecule has 0 bridgehead atoms. The number of halogens is 2. The van der Waals surface area contributed by atoms with Gasteiger partial charge in [-0.1, -0.05) is 35.3 Å². The van der Waals surface area contributed by atoms with Crippen molar-refractivity contribution < 1.29 is 18.3 Å². The lowest BCUT2D eigenvalue weighted by Gasteiger charge is -2.21. The summed E-state index contributed by atoms with van der Waals surface area (Å²) in [6.45, 7) is -0.502. The fourth-order valence-corrected chi connectivity index (χ4v) is 4.35. The third kappa shape index (κ3) is 6.54. The molecule has 0 saturated heterocycles. The van der Waals surface area contributed by atoms with E-state index in [2.05, 4.69) is 10.5 Å². The molecule has 7 nitrogen and oxygen atoms in total. The van der Waals surface area contributed by atoms with Gasteiger partial charge in [-0.2, -0.15) is 9.41 Å². The van der Waals surface area contributed by atoms with E-state index in [1.165, 1.54) is 42.6 Å². The van der Waals surface area contributed by atoms with Crippen molar-refractivity contribution in [3.8, 4) is 5.75 Å². The van der Waals surface area contributed by atoms with Gasteiger partial charge in [-0.3, -0.25) is 4.79 Å². The average molecular weight is 492 g/mol. The van der Waals surface area contributed by atoms with Crippen molar-refractivity contribution in [2.75, 3.05) is 6.54 Å². The van der Waals surface area contributed by atoms with Gasteiger partial charge in [-0.05, 0) is 71.8 Å². The fraction of sp³-hybridized carbons (Fsp3) is 0.0909. The van der Waals surface area contributed by atoms with Crippen LogP contribution in [0.1, 0.15) is 11.1 Å². The molecule has 0 unspecified atom stereocenters. The Morgan fingerprint density at radius 1 is 0.938 bits per heavy atom. The Kier molecular flexibility index (Phi) is 7.87. The molecule has 0 saturated carbocycles. The number of nitrogens with one attached hydrogen (secondary N) is 1. The standard InChI is InChI=1S/C22H19Cl2N3O4S/c23-18-5-1-17(2-6-18)14-27(32(30,31)21-11-7-19(24)8-12-21)15-22(29)26-25-13-16-3-9-20(28)10-4-16/h1-13,28H,14-15H2,(H,26,29)/b25-13-. The van der Waals surface area contributed by atoms with E-state index in [9.17, 15) is 18.3 Å². The van der Waals surface area contributed by atoms with Gasteiger partial charge in [0.1, 0.15) is 5.75 Å². The Morgan fingerprint density at radius 2 is 1.50 bits per heavy atom. The number of rotatable bonds is 8. The summed E-state index contributed by atoms with van der Waals surface area (Å²) in [6, 6.07) is 18.6. The quantitative estimate of drug-likeness (QED) is 0.366. The van der Waals surface area contributed by atoms with Gasteiger partial charge >= 0.3 is 0 Å². The number of amides is 1. The lowest BCUT2D eigenvalue weighted by atomic mass is 10.2. The maximum absolute atomic E-state index is 13.2. The number of hydrogen-bond acceptors (Lipinski definition) is 5. The predicted octanol–water partition coefficient (Wildman–Crippen LogP) is 4.04. The first-order valence-corrected chi connectivity index (χ1v) is 11.5. The first-order chi connectivity index (χ1) is 15.2. The summed E-state index contributed by atoms with van der Waals surface area (Å²) >= 11 is 11.8. The second kappa shape index (κ2) is 10.6. The van der Waals surface area contributed by atoms with Crippen LogP contribution in [0.2, 0.25) is 10.0 Å². The Hall–Kier alpha value is -2.91. The van der Waals surface area contributed by atoms with Crippen molar-refractivity contribution in [1.82, 2.24) is 9.73 Å².